The molecule has 0 amide bonds. The highest BCUT2D eigenvalue weighted by molar-refractivity contribution is 4.78. The number of hydrogen-bond acceptors (Lipinski definition) is 3. The number of nitrogens with zero attached hydrogens (tertiary/aromatic N) is 1. The van der Waals surface area contributed by atoms with Gasteiger partial charge in [0.1, 0.15) is 0 Å². The molecule has 0 aliphatic carbocycles. The predicted molar refractivity (Wildman–Crippen MR) is 73.0 cm³/mol. The first kappa shape index (κ1) is 14.9. The number of hydrogen-bond donors (Lipinski definition) is 2. The Hall–Kier alpha value is -0.120. The molecular weight excluding hydrogens is 212 g/mol. The molecule has 102 valence electrons. The summed E-state index contributed by atoms with van der Waals surface area (Å²) in [5, 5.41) is 9.10. The van der Waals surface area contributed by atoms with E-state index in [1.54, 1.807) is 0 Å². The van der Waals surface area contributed by atoms with Crippen LogP contribution >= 0.6 is 0 Å². The summed E-state index contributed by atoms with van der Waals surface area (Å²) in [6, 6.07) is 0. The molecule has 1 aliphatic heterocycles. The summed E-state index contributed by atoms with van der Waals surface area (Å²) in [7, 11) is 0. The van der Waals surface area contributed by atoms with E-state index in [4.69, 9.17) is 10.8 Å². The fourth-order valence-corrected chi connectivity index (χ4v) is 2.64. The van der Waals surface area contributed by atoms with Crippen LogP contribution in [0.3, 0.4) is 0 Å². The lowest BCUT2D eigenvalue weighted by atomic mass is 9.98. The van der Waals surface area contributed by atoms with Gasteiger partial charge in [-0.25, -0.2) is 0 Å². The van der Waals surface area contributed by atoms with Crippen molar-refractivity contribution in [3.05, 3.63) is 0 Å². The van der Waals surface area contributed by atoms with Gasteiger partial charge in [0.2, 0.25) is 0 Å². The zero-order valence-corrected chi connectivity index (χ0v) is 11.6. The summed E-state index contributed by atoms with van der Waals surface area (Å²) in [6.07, 6.45) is 7.45. The molecule has 2 atom stereocenters. The first-order valence-corrected chi connectivity index (χ1v) is 7.19. The molecule has 0 aromatic carbocycles. The van der Waals surface area contributed by atoms with E-state index in [1.165, 1.54) is 38.8 Å². The van der Waals surface area contributed by atoms with Crippen LogP contribution in [0.15, 0.2) is 0 Å². The van der Waals surface area contributed by atoms with E-state index in [-0.39, 0.29) is 6.61 Å². The summed E-state index contributed by atoms with van der Waals surface area (Å²) >= 11 is 0. The largest absolute Gasteiger partial charge is 0.394 e. The van der Waals surface area contributed by atoms with Crippen LogP contribution < -0.4 is 5.73 Å². The Labute approximate surface area is 106 Å². The van der Waals surface area contributed by atoms with Crippen LogP contribution in [-0.2, 0) is 0 Å². The molecule has 17 heavy (non-hydrogen) atoms. The molecule has 3 nitrogen and oxygen atoms in total. The van der Waals surface area contributed by atoms with E-state index in [9.17, 15) is 0 Å². The van der Waals surface area contributed by atoms with Gasteiger partial charge in [0.25, 0.3) is 0 Å². The smallest absolute Gasteiger partial charge is 0.0608 e. The SMILES string of the molecule is CCC1CCCN(CCCC(C)(N)CO)CC1. The van der Waals surface area contributed by atoms with Crippen LogP contribution in [0, 0.1) is 5.92 Å². The first-order chi connectivity index (χ1) is 8.07. The van der Waals surface area contributed by atoms with Gasteiger partial charge in [-0.15, -0.1) is 0 Å². The predicted octanol–water partition coefficient (Wildman–Crippen LogP) is 1.99. The highest BCUT2D eigenvalue weighted by Gasteiger charge is 2.18. The zero-order chi connectivity index (χ0) is 12.7. The van der Waals surface area contributed by atoms with Crippen molar-refractivity contribution in [2.45, 2.75) is 57.9 Å². The Bertz CT molecular complexity index is 206. The number of rotatable bonds is 6. The van der Waals surface area contributed by atoms with Gasteiger partial charge in [0.05, 0.1) is 6.61 Å². The molecule has 1 saturated heterocycles. The average Bonchev–Trinajstić information content (AvgIpc) is 2.54. The van der Waals surface area contributed by atoms with E-state index in [1.807, 2.05) is 6.92 Å². The van der Waals surface area contributed by atoms with Gasteiger partial charge in [-0.3, -0.25) is 0 Å². The van der Waals surface area contributed by atoms with Gasteiger partial charge < -0.3 is 15.7 Å². The molecule has 0 spiro atoms. The third-order valence-corrected chi connectivity index (χ3v) is 4.10. The molecule has 0 aromatic heterocycles. The first-order valence-electron chi connectivity index (χ1n) is 7.19. The van der Waals surface area contributed by atoms with E-state index >= 15 is 0 Å². The summed E-state index contributed by atoms with van der Waals surface area (Å²) in [5.41, 5.74) is 5.55. The Balaban J connectivity index is 2.19. The molecule has 0 aromatic rings. The van der Waals surface area contributed by atoms with Crippen molar-refractivity contribution in [1.82, 2.24) is 4.90 Å². The van der Waals surface area contributed by atoms with Crippen LogP contribution in [0.25, 0.3) is 0 Å². The number of likely N-dealkylation sites (tertiary alicyclic amines) is 1. The number of aliphatic hydroxyl groups is 1. The monoisotopic (exact) mass is 242 g/mol. The van der Waals surface area contributed by atoms with Gasteiger partial charge in [-0.1, -0.05) is 13.3 Å². The Kier molecular flexibility index (Phi) is 6.45. The summed E-state index contributed by atoms with van der Waals surface area (Å²) in [5.74, 6) is 0.942. The molecule has 1 aliphatic rings. The Morgan fingerprint density at radius 2 is 2.12 bits per heavy atom. The summed E-state index contributed by atoms with van der Waals surface area (Å²) < 4.78 is 0. The topological polar surface area (TPSA) is 49.5 Å². The maximum absolute atomic E-state index is 9.10. The van der Waals surface area contributed by atoms with Gasteiger partial charge in [0.15, 0.2) is 0 Å². The second-order valence-corrected chi connectivity index (χ2v) is 5.96. The van der Waals surface area contributed by atoms with Crippen molar-refractivity contribution in [2.75, 3.05) is 26.2 Å². The lowest BCUT2D eigenvalue weighted by Crippen LogP contribution is -2.41. The minimum atomic E-state index is -0.391. The summed E-state index contributed by atoms with van der Waals surface area (Å²) in [6.45, 7) is 7.97. The molecule has 1 heterocycles. The lowest BCUT2D eigenvalue weighted by molar-refractivity contribution is 0.188. The Morgan fingerprint density at radius 1 is 1.35 bits per heavy atom. The highest BCUT2D eigenvalue weighted by atomic mass is 16.3. The van der Waals surface area contributed by atoms with Crippen molar-refractivity contribution >= 4 is 0 Å². The fourth-order valence-electron chi connectivity index (χ4n) is 2.64. The standard InChI is InChI=1S/C14H30N2O/c1-3-13-6-4-9-16(11-7-13)10-5-8-14(2,15)12-17/h13,17H,3-12,15H2,1-2H3. The molecule has 1 fully saturated rings. The molecule has 2 unspecified atom stereocenters. The van der Waals surface area contributed by atoms with Crippen LogP contribution in [-0.4, -0.2) is 41.8 Å². The normalized spacial score (nSPS) is 26.5. The van der Waals surface area contributed by atoms with Crippen LogP contribution in [0.1, 0.15) is 52.4 Å². The minimum Gasteiger partial charge on any atom is -0.394 e. The number of nitrogens with two attached hydrogens (primary N) is 1. The maximum Gasteiger partial charge on any atom is 0.0608 e. The van der Waals surface area contributed by atoms with Gasteiger partial charge in [-0.2, -0.15) is 0 Å². The second-order valence-electron chi connectivity index (χ2n) is 5.96. The second kappa shape index (κ2) is 7.34. The molecule has 0 bridgehead atoms. The third kappa shape index (κ3) is 5.84. The fraction of sp³-hybridized carbons (Fsp3) is 1.00. The quantitative estimate of drug-likeness (QED) is 0.749. The van der Waals surface area contributed by atoms with Crippen LogP contribution in [0.5, 0.6) is 0 Å². The zero-order valence-electron chi connectivity index (χ0n) is 11.6. The van der Waals surface area contributed by atoms with E-state index in [0.717, 1.165) is 25.3 Å². The van der Waals surface area contributed by atoms with Gasteiger partial charge in [0, 0.05) is 5.54 Å². The van der Waals surface area contributed by atoms with E-state index < -0.39 is 5.54 Å². The van der Waals surface area contributed by atoms with Crippen LogP contribution in [0.2, 0.25) is 0 Å². The molecule has 0 saturated carbocycles. The number of aliphatic hydroxyl groups excluding tert-OH is 1. The van der Waals surface area contributed by atoms with E-state index in [2.05, 4.69) is 11.8 Å². The lowest BCUT2D eigenvalue weighted by Gasteiger charge is -2.25. The Morgan fingerprint density at radius 3 is 2.76 bits per heavy atom. The van der Waals surface area contributed by atoms with Crippen molar-refractivity contribution < 1.29 is 5.11 Å². The molecule has 1 rings (SSSR count). The average molecular weight is 242 g/mol. The maximum atomic E-state index is 9.10. The van der Waals surface area contributed by atoms with Gasteiger partial charge >= 0.3 is 0 Å². The van der Waals surface area contributed by atoms with E-state index in [0.29, 0.717) is 0 Å². The molecular formula is C14H30N2O. The molecule has 0 radical (unpaired) electrons. The highest BCUT2D eigenvalue weighted by Crippen LogP contribution is 2.20. The minimum absolute atomic E-state index is 0.0882. The molecule has 3 heteroatoms. The van der Waals surface area contributed by atoms with Crippen molar-refractivity contribution in [3.63, 3.8) is 0 Å². The van der Waals surface area contributed by atoms with Crippen molar-refractivity contribution in [3.8, 4) is 0 Å². The van der Waals surface area contributed by atoms with Crippen molar-refractivity contribution in [2.24, 2.45) is 11.7 Å². The molecule has 3 N–H and O–H groups in total. The third-order valence-electron chi connectivity index (χ3n) is 4.10. The van der Waals surface area contributed by atoms with Crippen molar-refractivity contribution in [1.29, 1.82) is 0 Å². The summed E-state index contributed by atoms with van der Waals surface area (Å²) in [4.78, 5) is 2.57. The van der Waals surface area contributed by atoms with Crippen LogP contribution in [0.4, 0.5) is 0 Å². The van der Waals surface area contributed by atoms with Gasteiger partial charge in [-0.05, 0) is 64.6 Å².